The number of likely N-dealkylation sites (tertiary alicyclic amines) is 1. The molecule has 0 spiro atoms. The van der Waals surface area contributed by atoms with E-state index in [0.717, 1.165) is 17.7 Å². The third-order valence-corrected chi connectivity index (χ3v) is 5.97. The molecule has 5 heteroatoms. The van der Waals surface area contributed by atoms with Gasteiger partial charge in [0.1, 0.15) is 0 Å². The highest BCUT2D eigenvalue weighted by atomic mass is 32.1. The zero-order chi connectivity index (χ0) is 16.0. The van der Waals surface area contributed by atoms with Gasteiger partial charge in [-0.1, -0.05) is 24.3 Å². The molecular formula is C18H17NO3S. The highest BCUT2D eigenvalue weighted by molar-refractivity contribution is 7.17. The van der Waals surface area contributed by atoms with E-state index in [1.54, 1.807) is 16.2 Å². The molecule has 4 rings (SSSR count). The molecule has 1 saturated heterocycles. The predicted octanol–water partition coefficient (Wildman–Crippen LogP) is 3.06. The average Bonchev–Trinajstić information content (AvgIpc) is 3.21. The number of rotatable bonds is 2. The fourth-order valence-corrected chi connectivity index (χ4v) is 4.72. The van der Waals surface area contributed by atoms with Gasteiger partial charge in [0.25, 0.3) is 5.91 Å². The van der Waals surface area contributed by atoms with Crippen molar-refractivity contribution in [1.82, 2.24) is 4.90 Å². The molecule has 1 unspecified atom stereocenters. The first-order valence-corrected chi connectivity index (χ1v) is 8.68. The zero-order valence-corrected chi connectivity index (χ0v) is 13.4. The molecular weight excluding hydrogens is 310 g/mol. The minimum atomic E-state index is -0.806. The zero-order valence-electron chi connectivity index (χ0n) is 12.6. The van der Waals surface area contributed by atoms with Crippen molar-refractivity contribution < 1.29 is 14.7 Å². The molecule has 0 radical (unpaired) electrons. The van der Waals surface area contributed by atoms with Crippen LogP contribution in [0, 0.1) is 5.92 Å². The molecule has 1 N–H and O–H groups in total. The van der Waals surface area contributed by atoms with Crippen LogP contribution in [0.4, 0.5) is 0 Å². The number of benzene rings is 1. The summed E-state index contributed by atoms with van der Waals surface area (Å²) in [5, 5.41) is 9.09. The van der Waals surface area contributed by atoms with Gasteiger partial charge >= 0.3 is 5.97 Å². The first-order chi connectivity index (χ1) is 11.1. The molecule has 1 aromatic carbocycles. The van der Waals surface area contributed by atoms with Gasteiger partial charge in [-0.15, -0.1) is 11.3 Å². The molecule has 1 aliphatic heterocycles. The first-order valence-electron chi connectivity index (χ1n) is 7.86. The summed E-state index contributed by atoms with van der Waals surface area (Å²) in [5.74, 6) is -1.25. The van der Waals surface area contributed by atoms with Crippen molar-refractivity contribution in [2.45, 2.75) is 19.3 Å². The summed E-state index contributed by atoms with van der Waals surface area (Å²) >= 11 is 1.54. The number of carbonyl (C=O) groups is 2. The normalized spacial score (nSPS) is 19.3. The molecule has 0 bridgehead atoms. The highest BCUT2D eigenvalue weighted by Crippen LogP contribution is 2.40. The number of carbonyl (C=O) groups excluding carboxylic acids is 1. The van der Waals surface area contributed by atoms with Gasteiger partial charge in [-0.25, -0.2) is 0 Å². The lowest BCUT2D eigenvalue weighted by Gasteiger charge is -2.15. The Morgan fingerprint density at radius 2 is 1.96 bits per heavy atom. The van der Waals surface area contributed by atoms with Crippen LogP contribution in [0.1, 0.15) is 27.2 Å². The fourth-order valence-electron chi connectivity index (χ4n) is 3.48. The van der Waals surface area contributed by atoms with Gasteiger partial charge in [-0.2, -0.15) is 0 Å². The molecule has 118 valence electrons. The van der Waals surface area contributed by atoms with Crippen molar-refractivity contribution in [3.8, 4) is 10.4 Å². The summed E-state index contributed by atoms with van der Waals surface area (Å²) in [6.45, 7) is 0.863. The Hall–Kier alpha value is -2.14. The molecule has 1 atom stereocenters. The summed E-state index contributed by atoms with van der Waals surface area (Å²) in [6.07, 6.45) is 2.53. The van der Waals surface area contributed by atoms with E-state index in [9.17, 15) is 9.59 Å². The Balaban J connectivity index is 1.62. The number of aliphatic carboxylic acids is 1. The van der Waals surface area contributed by atoms with Crippen LogP contribution < -0.4 is 0 Å². The molecule has 4 nitrogen and oxygen atoms in total. The van der Waals surface area contributed by atoms with Crippen LogP contribution in [0.2, 0.25) is 0 Å². The van der Waals surface area contributed by atoms with Gasteiger partial charge in [0, 0.05) is 18.0 Å². The lowest BCUT2D eigenvalue weighted by Crippen LogP contribution is -2.29. The molecule has 1 aromatic heterocycles. The van der Waals surface area contributed by atoms with E-state index < -0.39 is 11.9 Å². The quantitative estimate of drug-likeness (QED) is 0.922. The van der Waals surface area contributed by atoms with Crippen LogP contribution in [0.15, 0.2) is 30.3 Å². The third-order valence-electron chi connectivity index (χ3n) is 4.77. The summed E-state index contributed by atoms with van der Waals surface area (Å²) in [4.78, 5) is 27.4. The second-order valence-corrected chi connectivity index (χ2v) is 7.25. The smallest absolute Gasteiger partial charge is 0.308 e. The van der Waals surface area contributed by atoms with E-state index in [1.807, 2.05) is 12.1 Å². The second-order valence-electron chi connectivity index (χ2n) is 6.20. The van der Waals surface area contributed by atoms with E-state index >= 15 is 0 Å². The second kappa shape index (κ2) is 5.49. The van der Waals surface area contributed by atoms with E-state index in [0.29, 0.717) is 19.5 Å². The van der Waals surface area contributed by atoms with Crippen molar-refractivity contribution in [3.63, 3.8) is 0 Å². The minimum Gasteiger partial charge on any atom is -0.481 e. The lowest BCUT2D eigenvalue weighted by atomic mass is 9.91. The number of thiophene rings is 1. The molecule has 23 heavy (non-hydrogen) atoms. The number of carboxylic acids is 1. The van der Waals surface area contributed by atoms with Crippen molar-refractivity contribution >= 4 is 23.2 Å². The number of fused-ring (bicyclic) bond motifs is 3. The molecule has 2 aliphatic rings. The highest BCUT2D eigenvalue weighted by Gasteiger charge is 2.32. The number of nitrogens with zero attached hydrogens (tertiary/aromatic N) is 1. The van der Waals surface area contributed by atoms with Gasteiger partial charge in [0.15, 0.2) is 0 Å². The summed E-state index contributed by atoms with van der Waals surface area (Å²) in [5.41, 5.74) is 3.82. The van der Waals surface area contributed by atoms with Gasteiger partial charge < -0.3 is 10.0 Å². The standard InChI is InChI=1S/C18H17NO3S/c20-17(19-8-7-13(10-19)18(21)22)15-9-12-6-5-11-3-1-2-4-14(11)16(12)23-15/h1-4,9,13H,5-8,10H2,(H,21,22). The molecule has 1 fully saturated rings. The predicted molar refractivity (Wildman–Crippen MR) is 88.8 cm³/mol. The van der Waals surface area contributed by atoms with Crippen LogP contribution in [0.5, 0.6) is 0 Å². The lowest BCUT2D eigenvalue weighted by molar-refractivity contribution is -0.141. The van der Waals surface area contributed by atoms with Crippen molar-refractivity contribution in [3.05, 3.63) is 46.3 Å². The van der Waals surface area contributed by atoms with Crippen molar-refractivity contribution in [2.24, 2.45) is 5.92 Å². The van der Waals surface area contributed by atoms with Crippen molar-refractivity contribution in [1.29, 1.82) is 0 Å². The van der Waals surface area contributed by atoms with Crippen LogP contribution in [-0.4, -0.2) is 35.0 Å². The number of hydrogen-bond acceptors (Lipinski definition) is 3. The largest absolute Gasteiger partial charge is 0.481 e. The van der Waals surface area contributed by atoms with Gasteiger partial charge in [0.05, 0.1) is 10.8 Å². The Labute approximate surface area is 138 Å². The van der Waals surface area contributed by atoms with Gasteiger partial charge in [0.2, 0.25) is 0 Å². The Bertz CT molecular complexity index is 795. The van der Waals surface area contributed by atoms with Crippen LogP contribution in [-0.2, 0) is 17.6 Å². The summed E-state index contributed by atoms with van der Waals surface area (Å²) < 4.78 is 0. The third kappa shape index (κ3) is 2.45. The maximum Gasteiger partial charge on any atom is 0.308 e. The molecule has 2 aromatic rings. The van der Waals surface area contributed by atoms with Crippen molar-refractivity contribution in [2.75, 3.05) is 13.1 Å². The van der Waals surface area contributed by atoms with Gasteiger partial charge in [-0.05, 0) is 42.0 Å². The first kappa shape index (κ1) is 14.5. The van der Waals surface area contributed by atoms with E-state index in [-0.39, 0.29) is 5.91 Å². The number of carboxylic acid groups (broad SMARTS) is 1. The number of hydrogen-bond donors (Lipinski definition) is 1. The van der Waals surface area contributed by atoms with E-state index in [4.69, 9.17) is 5.11 Å². The van der Waals surface area contributed by atoms with Gasteiger partial charge in [-0.3, -0.25) is 9.59 Å². The van der Waals surface area contributed by atoms with Crippen LogP contribution in [0.25, 0.3) is 10.4 Å². The monoisotopic (exact) mass is 327 g/mol. The van der Waals surface area contributed by atoms with E-state index in [1.165, 1.54) is 21.6 Å². The molecule has 2 heterocycles. The SMILES string of the molecule is O=C(O)C1CCN(C(=O)c2cc3c(s2)-c2ccccc2CC3)C1. The molecule has 1 amide bonds. The van der Waals surface area contributed by atoms with Crippen LogP contribution in [0.3, 0.4) is 0 Å². The number of amides is 1. The average molecular weight is 327 g/mol. The van der Waals surface area contributed by atoms with E-state index in [2.05, 4.69) is 18.2 Å². The maximum atomic E-state index is 12.7. The number of aryl methyl sites for hydroxylation is 2. The topological polar surface area (TPSA) is 57.6 Å². The Kier molecular flexibility index (Phi) is 3.45. The summed E-state index contributed by atoms with van der Waals surface area (Å²) in [7, 11) is 0. The Morgan fingerprint density at radius 1 is 1.17 bits per heavy atom. The fraction of sp³-hybridized carbons (Fsp3) is 0.333. The summed E-state index contributed by atoms with van der Waals surface area (Å²) in [6, 6.07) is 10.4. The molecule has 1 aliphatic carbocycles. The van der Waals surface area contributed by atoms with Crippen LogP contribution >= 0.6 is 11.3 Å². The minimum absolute atomic E-state index is 0.0226. The molecule has 0 saturated carbocycles. The Morgan fingerprint density at radius 3 is 2.74 bits per heavy atom. The maximum absolute atomic E-state index is 12.7.